The molecule has 1 aliphatic rings. The molecule has 1 amide bonds. The van der Waals surface area contributed by atoms with Crippen LogP contribution in [0.1, 0.15) is 29.7 Å². The lowest BCUT2D eigenvalue weighted by Gasteiger charge is -2.25. The van der Waals surface area contributed by atoms with E-state index in [0.29, 0.717) is 33.5 Å². The van der Waals surface area contributed by atoms with Crippen molar-refractivity contribution >= 4 is 44.1 Å². The largest absolute Gasteiger partial charge is 0.507 e. The first-order valence-electron chi connectivity index (χ1n) is 12.0. The van der Waals surface area contributed by atoms with Crippen LogP contribution in [-0.4, -0.2) is 43.1 Å². The van der Waals surface area contributed by atoms with Gasteiger partial charge in [-0.3, -0.25) is 14.5 Å². The van der Waals surface area contributed by atoms with Crippen molar-refractivity contribution in [2.75, 3.05) is 26.2 Å². The molecule has 0 saturated carbocycles. The van der Waals surface area contributed by atoms with Crippen LogP contribution in [0.4, 0.5) is 5.13 Å². The second-order valence-corrected chi connectivity index (χ2v) is 9.67. The number of carbonyl (C=O) groups excluding carboxylic acids is 2. The topological polar surface area (TPSA) is 98.2 Å². The number of aliphatic hydroxyl groups excluding tert-OH is 1. The molecule has 0 spiro atoms. The van der Waals surface area contributed by atoms with Crippen LogP contribution in [0.5, 0.6) is 17.2 Å². The predicted molar refractivity (Wildman–Crippen MR) is 146 cm³/mol. The summed E-state index contributed by atoms with van der Waals surface area (Å²) in [7, 11) is 4.57. The number of nitrogens with zero attached hydrogens (tertiary/aromatic N) is 2. The second-order valence-electron chi connectivity index (χ2n) is 8.66. The molecule has 3 aromatic carbocycles. The lowest BCUT2D eigenvalue weighted by Crippen LogP contribution is -2.29. The van der Waals surface area contributed by atoms with Crippen molar-refractivity contribution in [3.63, 3.8) is 0 Å². The predicted octanol–water partition coefficient (Wildman–Crippen LogP) is 5.51. The fraction of sp³-hybridized carbons (Fsp3) is 0.207. The molecule has 0 aliphatic carbocycles. The van der Waals surface area contributed by atoms with E-state index in [-0.39, 0.29) is 11.3 Å². The zero-order valence-electron chi connectivity index (χ0n) is 21.3. The summed E-state index contributed by atoms with van der Waals surface area (Å²) in [5, 5.41) is 11.8. The van der Waals surface area contributed by atoms with Gasteiger partial charge >= 0.3 is 5.91 Å². The number of thiazole rings is 1. The molecule has 0 radical (unpaired) electrons. The van der Waals surface area contributed by atoms with Crippen LogP contribution in [0.15, 0.2) is 66.2 Å². The third-order valence-electron chi connectivity index (χ3n) is 6.60. The van der Waals surface area contributed by atoms with Crippen molar-refractivity contribution in [1.82, 2.24) is 4.98 Å². The van der Waals surface area contributed by atoms with E-state index in [9.17, 15) is 14.7 Å². The van der Waals surface area contributed by atoms with Gasteiger partial charge in [0.05, 0.1) is 37.1 Å². The molecular weight excluding hydrogens is 504 g/mol. The Kier molecular flexibility index (Phi) is 6.77. The minimum absolute atomic E-state index is 0.0692. The maximum Gasteiger partial charge on any atom is 0.301 e. The number of methoxy groups -OCH3 is 3. The lowest BCUT2D eigenvalue weighted by atomic mass is 9.94. The molecule has 1 N–H and O–H groups in total. The summed E-state index contributed by atoms with van der Waals surface area (Å²) in [5.74, 6) is -0.386. The fourth-order valence-corrected chi connectivity index (χ4v) is 5.62. The number of fused-ring (bicyclic) bond motifs is 1. The standard InChI is InChI=1S/C29H26N2O6S/c1-5-16-6-12-21-23(14-16)38-29(30-21)31-25(20-15-19(36-3)11-13-22(20)37-4)24(27(33)28(31)34)26(32)17-7-9-18(35-2)10-8-17/h6-15,25,32H,5H2,1-4H3/t25-/m1/s1. The first-order valence-corrected chi connectivity index (χ1v) is 12.8. The number of anilines is 1. The SMILES string of the molecule is CCc1ccc2nc(N3C(=O)C(=O)C(=C(O)c4ccc(OC)cc4)[C@H]3c3cc(OC)ccc3OC)sc2c1. The van der Waals surface area contributed by atoms with Crippen molar-refractivity contribution in [3.8, 4) is 17.2 Å². The molecule has 1 atom stereocenters. The quantitative estimate of drug-likeness (QED) is 0.191. The van der Waals surface area contributed by atoms with Crippen LogP contribution < -0.4 is 19.1 Å². The van der Waals surface area contributed by atoms with E-state index in [0.717, 1.165) is 22.2 Å². The van der Waals surface area contributed by atoms with E-state index < -0.39 is 17.7 Å². The normalized spacial score (nSPS) is 16.7. The summed E-state index contributed by atoms with van der Waals surface area (Å²) in [6.07, 6.45) is 0.858. The van der Waals surface area contributed by atoms with Crippen molar-refractivity contribution in [2.45, 2.75) is 19.4 Å². The summed E-state index contributed by atoms with van der Waals surface area (Å²) in [4.78, 5) is 33.2. The Bertz CT molecular complexity index is 1570. The number of rotatable bonds is 7. The van der Waals surface area contributed by atoms with Gasteiger partial charge in [0, 0.05) is 11.1 Å². The zero-order chi connectivity index (χ0) is 27.0. The number of ketones is 1. The van der Waals surface area contributed by atoms with Crippen LogP contribution in [0.2, 0.25) is 0 Å². The average Bonchev–Trinajstić information content (AvgIpc) is 3.49. The van der Waals surface area contributed by atoms with E-state index in [1.807, 2.05) is 18.2 Å². The molecule has 4 aromatic rings. The summed E-state index contributed by atoms with van der Waals surface area (Å²) >= 11 is 1.32. The average molecular weight is 531 g/mol. The van der Waals surface area contributed by atoms with Gasteiger partial charge in [-0.25, -0.2) is 4.98 Å². The summed E-state index contributed by atoms with van der Waals surface area (Å²) < 4.78 is 17.2. The third kappa shape index (κ3) is 4.24. The Balaban J connectivity index is 1.76. The smallest absolute Gasteiger partial charge is 0.301 e. The molecule has 0 unspecified atom stereocenters. The Morgan fingerprint density at radius 3 is 2.32 bits per heavy atom. The number of aromatic nitrogens is 1. The van der Waals surface area contributed by atoms with E-state index in [2.05, 4.69) is 6.92 Å². The first kappa shape index (κ1) is 25.3. The first-order chi connectivity index (χ1) is 18.4. The number of ether oxygens (including phenoxy) is 3. The monoisotopic (exact) mass is 530 g/mol. The highest BCUT2D eigenvalue weighted by Gasteiger charge is 2.49. The molecule has 1 aromatic heterocycles. The molecule has 1 aliphatic heterocycles. The molecular formula is C29H26N2O6S. The summed E-state index contributed by atoms with van der Waals surface area (Å²) in [6.45, 7) is 2.07. The Hall–Kier alpha value is -4.37. The van der Waals surface area contributed by atoms with Gasteiger partial charge in [0.2, 0.25) is 0 Å². The Morgan fingerprint density at radius 1 is 0.947 bits per heavy atom. The number of aryl methyl sites for hydroxylation is 1. The number of Topliss-reactive ketones (excluding diaryl/α,β-unsaturated/α-hetero) is 1. The van der Waals surface area contributed by atoms with Crippen LogP contribution >= 0.6 is 11.3 Å². The molecule has 0 bridgehead atoms. The van der Waals surface area contributed by atoms with Gasteiger partial charge in [0.25, 0.3) is 5.78 Å². The van der Waals surface area contributed by atoms with Crippen LogP contribution in [0.25, 0.3) is 16.0 Å². The number of aliphatic hydroxyl groups is 1. The zero-order valence-corrected chi connectivity index (χ0v) is 22.2. The van der Waals surface area contributed by atoms with Crippen molar-refractivity contribution < 1.29 is 28.9 Å². The summed E-state index contributed by atoms with van der Waals surface area (Å²) in [6, 6.07) is 16.7. The van der Waals surface area contributed by atoms with Gasteiger partial charge in [-0.05, 0) is 66.6 Å². The fourth-order valence-electron chi connectivity index (χ4n) is 4.56. The molecule has 194 valence electrons. The van der Waals surface area contributed by atoms with Crippen molar-refractivity contribution in [1.29, 1.82) is 0 Å². The Morgan fingerprint density at radius 2 is 1.66 bits per heavy atom. The van der Waals surface area contributed by atoms with Gasteiger partial charge in [-0.15, -0.1) is 0 Å². The van der Waals surface area contributed by atoms with E-state index in [1.165, 1.54) is 37.6 Å². The molecule has 1 fully saturated rings. The maximum atomic E-state index is 13.6. The van der Waals surface area contributed by atoms with Crippen molar-refractivity contribution in [3.05, 3.63) is 82.9 Å². The molecule has 2 heterocycles. The minimum atomic E-state index is -1.01. The van der Waals surface area contributed by atoms with E-state index in [1.54, 1.807) is 42.5 Å². The van der Waals surface area contributed by atoms with E-state index >= 15 is 0 Å². The van der Waals surface area contributed by atoms with Gasteiger partial charge in [0.15, 0.2) is 5.13 Å². The van der Waals surface area contributed by atoms with Gasteiger partial charge in [-0.1, -0.05) is 24.3 Å². The number of carbonyl (C=O) groups is 2. The highest BCUT2D eigenvalue weighted by atomic mass is 32.1. The van der Waals surface area contributed by atoms with Gasteiger partial charge in [-0.2, -0.15) is 0 Å². The number of benzene rings is 3. The van der Waals surface area contributed by atoms with Gasteiger partial charge < -0.3 is 19.3 Å². The molecule has 38 heavy (non-hydrogen) atoms. The third-order valence-corrected chi connectivity index (χ3v) is 7.61. The van der Waals surface area contributed by atoms with Crippen LogP contribution in [0, 0.1) is 0 Å². The van der Waals surface area contributed by atoms with Crippen molar-refractivity contribution in [2.24, 2.45) is 0 Å². The van der Waals surface area contributed by atoms with Gasteiger partial charge in [0.1, 0.15) is 29.0 Å². The molecule has 9 heteroatoms. The minimum Gasteiger partial charge on any atom is -0.507 e. The number of amides is 1. The maximum absolute atomic E-state index is 13.6. The van der Waals surface area contributed by atoms with E-state index in [4.69, 9.17) is 19.2 Å². The highest BCUT2D eigenvalue weighted by Crippen LogP contribution is 2.47. The molecule has 8 nitrogen and oxygen atoms in total. The summed E-state index contributed by atoms with van der Waals surface area (Å²) in [5.41, 5.74) is 2.64. The highest BCUT2D eigenvalue weighted by molar-refractivity contribution is 7.22. The number of hydrogen-bond donors (Lipinski definition) is 1. The van der Waals surface area contributed by atoms with Crippen LogP contribution in [0.3, 0.4) is 0 Å². The Labute approximate surface area is 223 Å². The number of hydrogen-bond acceptors (Lipinski definition) is 8. The second kappa shape index (κ2) is 10.2. The molecule has 1 saturated heterocycles. The molecule has 5 rings (SSSR count). The van der Waals surface area contributed by atoms with Crippen LogP contribution in [-0.2, 0) is 16.0 Å². The lowest BCUT2D eigenvalue weighted by molar-refractivity contribution is -0.132.